The smallest absolute Gasteiger partial charge is 0.243 e. The second-order valence-electron chi connectivity index (χ2n) is 5.06. The summed E-state index contributed by atoms with van der Waals surface area (Å²) in [6.07, 6.45) is 0. The Morgan fingerprint density at radius 2 is 2.14 bits per heavy atom. The van der Waals surface area contributed by atoms with Crippen molar-refractivity contribution < 1.29 is 18.3 Å². The Morgan fingerprint density at radius 1 is 1.43 bits per heavy atom. The molecule has 7 heteroatoms. The van der Waals surface area contributed by atoms with Gasteiger partial charge >= 0.3 is 0 Å². The first-order valence-electron chi connectivity index (χ1n) is 6.83. The van der Waals surface area contributed by atoms with Gasteiger partial charge in [0.15, 0.2) is 0 Å². The maximum Gasteiger partial charge on any atom is 0.243 e. The molecule has 0 spiro atoms. The van der Waals surface area contributed by atoms with Gasteiger partial charge in [-0.05, 0) is 25.1 Å². The van der Waals surface area contributed by atoms with Gasteiger partial charge < -0.3 is 9.84 Å². The van der Waals surface area contributed by atoms with Crippen LogP contribution in [0.1, 0.15) is 19.4 Å². The topological polar surface area (TPSA) is 66.8 Å². The van der Waals surface area contributed by atoms with E-state index in [4.69, 9.17) is 4.74 Å². The molecule has 1 aliphatic heterocycles. The van der Waals surface area contributed by atoms with Crippen LogP contribution in [0.5, 0.6) is 5.75 Å². The zero-order chi connectivity index (χ0) is 15.6. The third kappa shape index (κ3) is 3.21. The van der Waals surface area contributed by atoms with Gasteiger partial charge in [0, 0.05) is 29.2 Å². The standard InChI is InChI=1S/C14H21NO4S2/c1-10-11(2)20-7-6-15(10)21(17,18)13-4-5-14(19-3)12(8-13)9-16/h4-5,8,10-11,16H,6-7,9H2,1-3H3. The van der Waals surface area contributed by atoms with Crippen molar-refractivity contribution in [2.24, 2.45) is 0 Å². The van der Waals surface area contributed by atoms with Crippen LogP contribution in [0.4, 0.5) is 0 Å². The normalized spacial score (nSPS) is 24.0. The monoisotopic (exact) mass is 331 g/mol. The molecular weight excluding hydrogens is 310 g/mol. The van der Waals surface area contributed by atoms with Crippen LogP contribution in [0, 0.1) is 0 Å². The molecule has 1 fully saturated rings. The number of benzene rings is 1. The predicted molar refractivity (Wildman–Crippen MR) is 84.2 cm³/mol. The van der Waals surface area contributed by atoms with Crippen LogP contribution in [0.2, 0.25) is 0 Å². The molecule has 0 saturated carbocycles. The summed E-state index contributed by atoms with van der Waals surface area (Å²) in [6, 6.07) is 4.57. The Balaban J connectivity index is 2.39. The zero-order valence-corrected chi connectivity index (χ0v) is 14.1. The van der Waals surface area contributed by atoms with Crippen LogP contribution >= 0.6 is 11.8 Å². The molecule has 5 nitrogen and oxygen atoms in total. The lowest BCUT2D eigenvalue weighted by Crippen LogP contribution is -2.47. The first-order valence-corrected chi connectivity index (χ1v) is 9.32. The summed E-state index contributed by atoms with van der Waals surface area (Å²) < 4.78 is 32.3. The fraction of sp³-hybridized carbons (Fsp3) is 0.571. The zero-order valence-electron chi connectivity index (χ0n) is 12.4. The number of methoxy groups -OCH3 is 1. The van der Waals surface area contributed by atoms with Crippen molar-refractivity contribution in [3.63, 3.8) is 0 Å². The van der Waals surface area contributed by atoms with E-state index in [1.807, 2.05) is 13.8 Å². The Labute approximate surface area is 130 Å². The van der Waals surface area contributed by atoms with E-state index in [2.05, 4.69) is 0 Å². The van der Waals surface area contributed by atoms with Crippen molar-refractivity contribution in [2.75, 3.05) is 19.4 Å². The van der Waals surface area contributed by atoms with E-state index in [0.717, 1.165) is 5.75 Å². The Bertz CT molecular complexity index is 603. The Kier molecular flexibility index (Phi) is 5.19. The van der Waals surface area contributed by atoms with Crippen molar-refractivity contribution in [3.8, 4) is 5.75 Å². The number of hydrogen-bond acceptors (Lipinski definition) is 5. The third-order valence-corrected chi connectivity index (χ3v) is 7.17. The number of aliphatic hydroxyl groups is 1. The van der Waals surface area contributed by atoms with Gasteiger partial charge in [0.05, 0.1) is 18.6 Å². The molecule has 1 heterocycles. The molecule has 1 saturated heterocycles. The number of rotatable bonds is 4. The van der Waals surface area contributed by atoms with E-state index in [1.165, 1.54) is 19.2 Å². The van der Waals surface area contributed by atoms with E-state index >= 15 is 0 Å². The lowest BCUT2D eigenvalue weighted by Gasteiger charge is -2.36. The number of nitrogens with zero attached hydrogens (tertiary/aromatic N) is 1. The van der Waals surface area contributed by atoms with Crippen LogP contribution in [0.15, 0.2) is 23.1 Å². The highest BCUT2D eigenvalue weighted by Crippen LogP contribution is 2.31. The predicted octanol–water partition coefficient (Wildman–Crippen LogP) is 1.70. The van der Waals surface area contributed by atoms with E-state index in [-0.39, 0.29) is 22.8 Å². The first kappa shape index (κ1) is 16.6. The fourth-order valence-electron chi connectivity index (χ4n) is 2.42. The van der Waals surface area contributed by atoms with Crippen molar-refractivity contribution in [1.82, 2.24) is 4.31 Å². The minimum Gasteiger partial charge on any atom is -0.496 e. The summed E-state index contributed by atoms with van der Waals surface area (Å²) in [4.78, 5) is 0.207. The van der Waals surface area contributed by atoms with Crippen molar-refractivity contribution in [1.29, 1.82) is 0 Å². The molecule has 0 amide bonds. The number of thioether (sulfide) groups is 1. The molecule has 21 heavy (non-hydrogen) atoms. The van der Waals surface area contributed by atoms with E-state index < -0.39 is 10.0 Å². The number of aliphatic hydroxyl groups excluding tert-OH is 1. The van der Waals surface area contributed by atoms with Gasteiger partial charge in [0.2, 0.25) is 10.0 Å². The molecular formula is C14H21NO4S2. The van der Waals surface area contributed by atoms with Gasteiger partial charge in [-0.3, -0.25) is 0 Å². The number of hydrogen-bond donors (Lipinski definition) is 1. The SMILES string of the molecule is COc1ccc(S(=O)(=O)N2CCSC(C)C2C)cc1CO. The molecule has 2 atom stereocenters. The summed E-state index contributed by atoms with van der Waals surface area (Å²) >= 11 is 1.79. The van der Waals surface area contributed by atoms with Crippen LogP contribution < -0.4 is 4.74 Å². The van der Waals surface area contributed by atoms with Crippen molar-refractivity contribution >= 4 is 21.8 Å². The highest BCUT2D eigenvalue weighted by atomic mass is 32.2. The second kappa shape index (κ2) is 6.56. The summed E-state index contributed by atoms with van der Waals surface area (Å²) in [7, 11) is -2.05. The van der Waals surface area contributed by atoms with Gasteiger partial charge in [-0.15, -0.1) is 0 Å². The van der Waals surface area contributed by atoms with E-state index in [0.29, 0.717) is 17.9 Å². The molecule has 1 aliphatic rings. The van der Waals surface area contributed by atoms with Gasteiger partial charge in [-0.2, -0.15) is 16.1 Å². The highest BCUT2D eigenvalue weighted by Gasteiger charge is 2.35. The summed E-state index contributed by atoms with van der Waals surface area (Å²) in [5.41, 5.74) is 0.477. The molecule has 1 aromatic rings. The lowest BCUT2D eigenvalue weighted by atomic mass is 10.2. The molecule has 2 rings (SSSR count). The average Bonchev–Trinajstić information content (AvgIpc) is 2.49. The summed E-state index contributed by atoms with van der Waals surface area (Å²) in [5.74, 6) is 1.29. The second-order valence-corrected chi connectivity index (χ2v) is 8.44. The maximum absolute atomic E-state index is 12.8. The van der Waals surface area contributed by atoms with Gasteiger partial charge in [0.25, 0.3) is 0 Å². The molecule has 1 aromatic carbocycles. The van der Waals surface area contributed by atoms with Crippen LogP contribution in [0.25, 0.3) is 0 Å². The van der Waals surface area contributed by atoms with Crippen molar-refractivity contribution in [3.05, 3.63) is 23.8 Å². The third-order valence-electron chi connectivity index (χ3n) is 3.85. The van der Waals surface area contributed by atoms with Crippen LogP contribution in [-0.4, -0.2) is 48.5 Å². The Hall–Kier alpha value is -0.760. The van der Waals surface area contributed by atoms with Crippen LogP contribution in [-0.2, 0) is 16.6 Å². The molecule has 118 valence electrons. The average molecular weight is 331 g/mol. The van der Waals surface area contributed by atoms with Crippen molar-refractivity contribution in [2.45, 2.75) is 36.6 Å². The molecule has 0 radical (unpaired) electrons. The highest BCUT2D eigenvalue weighted by molar-refractivity contribution is 8.00. The first-order chi connectivity index (χ1) is 9.91. The van der Waals surface area contributed by atoms with Crippen LogP contribution in [0.3, 0.4) is 0 Å². The Morgan fingerprint density at radius 3 is 2.76 bits per heavy atom. The van der Waals surface area contributed by atoms with Gasteiger partial charge in [-0.25, -0.2) is 8.42 Å². The van der Waals surface area contributed by atoms with E-state index in [1.54, 1.807) is 22.1 Å². The molecule has 0 aromatic heterocycles. The largest absolute Gasteiger partial charge is 0.496 e. The fourth-order valence-corrected chi connectivity index (χ4v) is 5.46. The molecule has 2 unspecified atom stereocenters. The number of ether oxygens (including phenoxy) is 1. The van der Waals surface area contributed by atoms with E-state index in [9.17, 15) is 13.5 Å². The lowest BCUT2D eigenvalue weighted by molar-refractivity contribution is 0.273. The number of sulfonamides is 1. The minimum atomic E-state index is -3.55. The molecule has 1 N–H and O–H groups in total. The molecule has 0 aliphatic carbocycles. The quantitative estimate of drug-likeness (QED) is 0.910. The molecule has 0 bridgehead atoms. The van der Waals surface area contributed by atoms with Gasteiger partial charge in [0.1, 0.15) is 5.75 Å². The summed E-state index contributed by atoms with van der Waals surface area (Å²) in [6.45, 7) is 4.24. The summed E-state index contributed by atoms with van der Waals surface area (Å²) in [5, 5.41) is 9.62. The van der Waals surface area contributed by atoms with Gasteiger partial charge in [-0.1, -0.05) is 6.92 Å². The maximum atomic E-state index is 12.8. The minimum absolute atomic E-state index is 0.0478.